The van der Waals surface area contributed by atoms with Crippen LogP contribution >= 0.6 is 0 Å². The van der Waals surface area contributed by atoms with Gasteiger partial charge < -0.3 is 29.6 Å². The summed E-state index contributed by atoms with van der Waals surface area (Å²) in [7, 11) is 1.58. The maximum atomic E-state index is 15.4. The van der Waals surface area contributed by atoms with E-state index in [1.807, 2.05) is 6.07 Å². The Kier molecular flexibility index (Phi) is 9.09. The van der Waals surface area contributed by atoms with E-state index in [0.717, 1.165) is 44.6 Å². The lowest BCUT2D eigenvalue weighted by atomic mass is 10.1. The summed E-state index contributed by atoms with van der Waals surface area (Å²) < 4.78 is 53.0. The number of nitrogens with one attached hydrogen (secondary N) is 2. The first-order chi connectivity index (χ1) is 23.9. The molecule has 2 N–H and O–H groups in total. The van der Waals surface area contributed by atoms with Gasteiger partial charge >= 0.3 is 0 Å². The largest absolute Gasteiger partial charge is 0.495 e. The number of fused-ring (bicyclic) bond motifs is 2. The first kappa shape index (κ1) is 32.0. The van der Waals surface area contributed by atoms with Gasteiger partial charge in [-0.1, -0.05) is 0 Å². The minimum absolute atomic E-state index is 0.0835. The van der Waals surface area contributed by atoms with Crippen molar-refractivity contribution >= 4 is 28.2 Å². The summed E-state index contributed by atoms with van der Waals surface area (Å²) in [4.78, 5) is 33.7. The predicted octanol–water partition coefficient (Wildman–Crippen LogP) is 5.40. The Morgan fingerprint density at radius 1 is 0.980 bits per heavy atom. The molecule has 0 atom stereocenters. The third-order valence-corrected chi connectivity index (χ3v) is 8.47. The molecule has 7 rings (SSSR count). The van der Waals surface area contributed by atoms with Crippen LogP contribution in [-0.4, -0.2) is 73.5 Å². The van der Waals surface area contributed by atoms with Crippen molar-refractivity contribution < 1.29 is 32.5 Å². The number of amides is 1. The molecule has 0 spiro atoms. The summed E-state index contributed by atoms with van der Waals surface area (Å²) >= 11 is 0. The van der Waals surface area contributed by atoms with E-state index in [2.05, 4.69) is 20.5 Å². The lowest BCUT2D eigenvalue weighted by Gasteiger charge is -2.26. The molecule has 0 bridgehead atoms. The van der Waals surface area contributed by atoms with Crippen LogP contribution in [0.3, 0.4) is 0 Å². The van der Waals surface area contributed by atoms with Crippen molar-refractivity contribution in [3.8, 4) is 28.7 Å². The molecule has 0 aliphatic carbocycles. The maximum Gasteiger partial charge on any atom is 0.271 e. The standard InChI is InChI=1S/C36H33F2N5O6/c1-46-32-19-26-28(20-29(32)40-11-12-42-13-16-47-17-14-42)39-10-8-30(26)49-31-7-4-24(18-27(31)38)41-35(44)33-34-22(9-15-48-34)21-43(36(33)45)25-5-2-23(37)3-6-25/h2-8,10,18-21,40H,9,11-17H2,1H3,(H,41,44). The van der Waals surface area contributed by atoms with Gasteiger partial charge in [0.05, 0.1) is 38.1 Å². The number of rotatable bonds is 10. The van der Waals surface area contributed by atoms with Gasteiger partial charge in [0, 0.05) is 73.4 Å². The van der Waals surface area contributed by atoms with E-state index in [4.69, 9.17) is 18.9 Å². The molecule has 1 amide bonds. The first-order valence-electron chi connectivity index (χ1n) is 15.8. The number of hydrogen-bond acceptors (Lipinski definition) is 9. The number of anilines is 2. The van der Waals surface area contributed by atoms with Gasteiger partial charge in [-0.05, 0) is 54.6 Å². The second-order valence-corrected chi connectivity index (χ2v) is 11.6. The number of halogens is 2. The molecule has 5 aromatic rings. The Balaban J connectivity index is 1.09. The van der Waals surface area contributed by atoms with Crippen LogP contribution in [-0.2, 0) is 11.2 Å². The average Bonchev–Trinajstić information content (AvgIpc) is 3.58. The number of pyridine rings is 2. The van der Waals surface area contributed by atoms with Crippen LogP contribution in [0.4, 0.5) is 20.2 Å². The molecule has 1 fully saturated rings. The van der Waals surface area contributed by atoms with E-state index in [1.54, 1.807) is 31.6 Å². The monoisotopic (exact) mass is 669 g/mol. The molecule has 252 valence electrons. The second-order valence-electron chi connectivity index (χ2n) is 11.6. The molecular weight excluding hydrogens is 636 g/mol. The zero-order chi connectivity index (χ0) is 33.9. The fourth-order valence-corrected chi connectivity index (χ4v) is 5.94. The van der Waals surface area contributed by atoms with Gasteiger partial charge in [0.15, 0.2) is 11.6 Å². The van der Waals surface area contributed by atoms with Gasteiger partial charge in [-0.25, -0.2) is 8.78 Å². The normalized spacial score (nSPS) is 14.3. The fraction of sp³-hybridized carbons (Fsp3) is 0.250. The van der Waals surface area contributed by atoms with Gasteiger partial charge in [-0.2, -0.15) is 0 Å². The molecule has 11 nitrogen and oxygen atoms in total. The highest BCUT2D eigenvalue weighted by atomic mass is 19.1. The first-order valence-corrected chi connectivity index (χ1v) is 15.8. The number of nitrogens with zero attached hydrogens (tertiary/aromatic N) is 3. The van der Waals surface area contributed by atoms with Crippen molar-refractivity contribution in [1.82, 2.24) is 14.5 Å². The van der Waals surface area contributed by atoms with Crippen LogP contribution in [0.2, 0.25) is 0 Å². The van der Waals surface area contributed by atoms with Crippen molar-refractivity contribution in [2.75, 3.05) is 63.7 Å². The van der Waals surface area contributed by atoms with Crippen molar-refractivity contribution in [1.29, 1.82) is 0 Å². The highest BCUT2D eigenvalue weighted by molar-refractivity contribution is 6.06. The lowest BCUT2D eigenvalue weighted by Crippen LogP contribution is -2.39. The third kappa shape index (κ3) is 6.76. The minimum atomic E-state index is -0.769. The second kappa shape index (κ2) is 13.9. The van der Waals surface area contributed by atoms with Crippen molar-refractivity contribution in [2.45, 2.75) is 6.42 Å². The minimum Gasteiger partial charge on any atom is -0.495 e. The molecule has 49 heavy (non-hydrogen) atoms. The number of benzene rings is 3. The number of ether oxygens (including phenoxy) is 4. The smallest absolute Gasteiger partial charge is 0.271 e. The average molecular weight is 670 g/mol. The molecule has 4 heterocycles. The van der Waals surface area contributed by atoms with Crippen molar-refractivity contribution in [3.05, 3.63) is 106 Å². The Hall–Kier alpha value is -5.53. The summed E-state index contributed by atoms with van der Waals surface area (Å²) in [5.41, 5.74) is 1.67. The molecule has 2 aliphatic heterocycles. The van der Waals surface area contributed by atoms with Crippen LogP contribution in [0.5, 0.6) is 23.0 Å². The molecule has 3 aromatic carbocycles. The Labute approximate surface area is 280 Å². The predicted molar refractivity (Wildman–Crippen MR) is 180 cm³/mol. The summed E-state index contributed by atoms with van der Waals surface area (Å²) in [5.74, 6) is -0.930. The molecule has 2 aromatic heterocycles. The summed E-state index contributed by atoms with van der Waals surface area (Å²) in [6.45, 7) is 5.11. The Morgan fingerprint density at radius 3 is 2.57 bits per heavy atom. The Morgan fingerprint density at radius 2 is 1.80 bits per heavy atom. The molecule has 1 saturated heterocycles. The highest BCUT2D eigenvalue weighted by Crippen LogP contribution is 2.37. The van der Waals surface area contributed by atoms with Crippen LogP contribution in [0.1, 0.15) is 15.9 Å². The van der Waals surface area contributed by atoms with Gasteiger partial charge in [0.25, 0.3) is 11.5 Å². The fourth-order valence-electron chi connectivity index (χ4n) is 5.94. The Bertz CT molecular complexity index is 2080. The lowest BCUT2D eigenvalue weighted by molar-refractivity contribution is 0.0398. The topological polar surface area (TPSA) is 116 Å². The number of aromatic nitrogens is 2. The number of methoxy groups -OCH3 is 1. The van der Waals surface area contributed by atoms with Gasteiger partial charge in [0.1, 0.15) is 28.6 Å². The number of carbonyl (C=O) groups is 1. The van der Waals surface area contributed by atoms with Gasteiger partial charge in [-0.15, -0.1) is 0 Å². The van der Waals surface area contributed by atoms with Crippen LogP contribution in [0.25, 0.3) is 16.6 Å². The molecule has 0 radical (unpaired) electrons. The molecule has 0 saturated carbocycles. The quantitative estimate of drug-likeness (QED) is 0.202. The maximum absolute atomic E-state index is 15.4. The summed E-state index contributed by atoms with van der Waals surface area (Å²) in [6, 6.07) is 14.6. The summed E-state index contributed by atoms with van der Waals surface area (Å²) in [6.07, 6.45) is 3.65. The zero-order valence-corrected chi connectivity index (χ0v) is 26.6. The summed E-state index contributed by atoms with van der Waals surface area (Å²) in [5, 5.41) is 6.64. The van der Waals surface area contributed by atoms with Crippen LogP contribution in [0, 0.1) is 11.6 Å². The molecular formula is C36H33F2N5O6. The van der Waals surface area contributed by atoms with E-state index in [1.165, 1.54) is 41.0 Å². The molecule has 13 heteroatoms. The van der Waals surface area contributed by atoms with Crippen LogP contribution < -0.4 is 30.4 Å². The molecule has 0 unspecified atom stereocenters. The number of carbonyl (C=O) groups excluding carboxylic acids is 1. The number of morpholine rings is 1. The van der Waals surface area contributed by atoms with E-state index in [-0.39, 0.29) is 22.7 Å². The zero-order valence-electron chi connectivity index (χ0n) is 26.6. The third-order valence-electron chi connectivity index (χ3n) is 8.47. The van der Waals surface area contributed by atoms with E-state index in [0.29, 0.717) is 53.2 Å². The van der Waals surface area contributed by atoms with E-state index >= 15 is 4.39 Å². The van der Waals surface area contributed by atoms with E-state index < -0.39 is 23.1 Å². The van der Waals surface area contributed by atoms with Crippen molar-refractivity contribution in [2.24, 2.45) is 0 Å². The number of hydrogen-bond donors (Lipinski definition) is 2. The highest BCUT2D eigenvalue weighted by Gasteiger charge is 2.27. The van der Waals surface area contributed by atoms with E-state index in [9.17, 15) is 14.0 Å². The van der Waals surface area contributed by atoms with Gasteiger partial charge in [-0.3, -0.25) is 24.0 Å². The SMILES string of the molecule is COc1cc2c(Oc3ccc(NC(=O)c4c5c(cn(-c6ccc(F)cc6)c4=O)CCO5)cc3F)ccnc2cc1NCCN1CCOCC1. The molecule has 2 aliphatic rings. The van der Waals surface area contributed by atoms with Gasteiger partial charge in [0.2, 0.25) is 0 Å². The van der Waals surface area contributed by atoms with Crippen molar-refractivity contribution in [3.63, 3.8) is 0 Å². The van der Waals surface area contributed by atoms with Crippen LogP contribution in [0.15, 0.2) is 77.9 Å².